The van der Waals surface area contributed by atoms with E-state index < -0.39 is 0 Å². The summed E-state index contributed by atoms with van der Waals surface area (Å²) in [5.74, 6) is 3.94. The Hall–Kier alpha value is -0.370. The number of ether oxygens (including phenoxy) is 1. The lowest BCUT2D eigenvalue weighted by Gasteiger charge is -2.56. The van der Waals surface area contributed by atoms with Crippen LogP contribution in [-0.4, -0.2) is 18.5 Å². The zero-order valence-electron chi connectivity index (χ0n) is 13.1. The van der Waals surface area contributed by atoms with Crippen LogP contribution in [0.5, 0.6) is 0 Å². The minimum atomic E-state index is 0.0311. The van der Waals surface area contributed by atoms with Crippen molar-refractivity contribution in [2.24, 2.45) is 39.9 Å². The van der Waals surface area contributed by atoms with Crippen molar-refractivity contribution < 1.29 is 9.53 Å². The first-order valence-corrected chi connectivity index (χ1v) is 9.27. The molecule has 1 aliphatic heterocycles. The Morgan fingerprint density at radius 1 is 1.14 bits per heavy atom. The van der Waals surface area contributed by atoms with E-state index in [2.05, 4.69) is 6.92 Å². The van der Waals surface area contributed by atoms with Crippen LogP contribution in [0.4, 0.5) is 0 Å². The van der Waals surface area contributed by atoms with Crippen molar-refractivity contribution in [3.63, 3.8) is 0 Å². The summed E-state index contributed by atoms with van der Waals surface area (Å²) in [6.07, 6.45) is 10.8. The second-order valence-corrected chi connectivity index (χ2v) is 9.47. The van der Waals surface area contributed by atoms with E-state index in [-0.39, 0.29) is 5.41 Å². The van der Waals surface area contributed by atoms with E-state index >= 15 is 0 Å². The molecule has 1 spiro atoms. The number of carbonyl (C=O) groups excluding carboxylic acids is 1. The Labute approximate surface area is 127 Å². The van der Waals surface area contributed by atoms with Gasteiger partial charge in [0.2, 0.25) is 0 Å². The van der Waals surface area contributed by atoms with Crippen LogP contribution in [0.15, 0.2) is 0 Å². The van der Waals surface area contributed by atoms with Crippen LogP contribution in [-0.2, 0) is 9.53 Å². The molecule has 0 radical (unpaired) electrons. The van der Waals surface area contributed by atoms with Gasteiger partial charge in [0.05, 0.1) is 12.7 Å². The van der Waals surface area contributed by atoms with E-state index in [9.17, 15) is 4.79 Å². The smallest absolute Gasteiger partial charge is 0.139 e. The maximum atomic E-state index is 12.4. The Kier molecular flexibility index (Phi) is 1.89. The lowest BCUT2D eigenvalue weighted by molar-refractivity contribution is -0.135. The van der Waals surface area contributed by atoms with Crippen molar-refractivity contribution in [2.45, 2.75) is 64.4 Å². The summed E-state index contributed by atoms with van der Waals surface area (Å²) in [5.41, 5.74) is 1.19. The first kappa shape index (κ1) is 12.1. The number of carbonyl (C=O) groups is 1. The summed E-state index contributed by atoms with van der Waals surface area (Å²) in [6, 6.07) is 0. The molecule has 0 aromatic carbocycles. The highest BCUT2D eigenvalue weighted by Gasteiger charge is 2.81. The molecular weight excluding hydrogens is 260 g/mol. The number of fused-ring (bicyclic) bond motifs is 3. The molecule has 1 saturated heterocycles. The average molecular weight is 286 g/mol. The largest absolute Gasteiger partial charge is 0.377 e. The molecule has 5 aliphatic carbocycles. The topological polar surface area (TPSA) is 26.3 Å². The Morgan fingerprint density at radius 3 is 2.90 bits per heavy atom. The van der Waals surface area contributed by atoms with E-state index in [0.29, 0.717) is 28.6 Å². The van der Waals surface area contributed by atoms with Gasteiger partial charge in [0.25, 0.3) is 0 Å². The molecule has 6 rings (SSSR count). The number of hydrogen-bond acceptors (Lipinski definition) is 2. The summed E-state index contributed by atoms with van der Waals surface area (Å²) in [6.45, 7) is 3.36. The summed E-state index contributed by atoms with van der Waals surface area (Å²) in [4.78, 5) is 12.4. The summed E-state index contributed by atoms with van der Waals surface area (Å²) in [7, 11) is 0. The van der Waals surface area contributed by atoms with Crippen LogP contribution in [0.3, 0.4) is 0 Å². The summed E-state index contributed by atoms with van der Waals surface area (Å²) in [5, 5.41) is 0. The average Bonchev–Trinajstić information content (AvgIpc) is 2.89. The molecule has 2 heteroatoms. The van der Waals surface area contributed by atoms with Gasteiger partial charge in [0.15, 0.2) is 0 Å². The maximum absolute atomic E-state index is 12.4. The van der Waals surface area contributed by atoms with Crippen LogP contribution in [0.25, 0.3) is 0 Å². The van der Waals surface area contributed by atoms with Gasteiger partial charge in [-0.3, -0.25) is 4.79 Å². The van der Waals surface area contributed by atoms with Gasteiger partial charge in [-0.05, 0) is 68.6 Å². The first-order valence-electron chi connectivity index (χ1n) is 9.27. The predicted octanol–water partition coefficient (Wildman–Crippen LogP) is 3.59. The van der Waals surface area contributed by atoms with Gasteiger partial charge < -0.3 is 4.74 Å². The van der Waals surface area contributed by atoms with Gasteiger partial charge in [0, 0.05) is 22.7 Å². The Balaban J connectivity index is 1.46. The van der Waals surface area contributed by atoms with E-state index in [1.165, 1.54) is 44.9 Å². The molecule has 0 aromatic heterocycles. The van der Waals surface area contributed by atoms with Gasteiger partial charge in [-0.15, -0.1) is 0 Å². The molecule has 6 fully saturated rings. The van der Waals surface area contributed by atoms with Crippen molar-refractivity contribution in [2.75, 3.05) is 6.61 Å². The molecule has 8 atom stereocenters. The Bertz CT molecular complexity index is 556. The number of hydrogen-bond donors (Lipinski definition) is 0. The molecule has 0 aromatic rings. The highest BCUT2D eigenvalue weighted by Crippen LogP contribution is 2.84. The highest BCUT2D eigenvalue weighted by atomic mass is 16.5. The van der Waals surface area contributed by atoms with Crippen LogP contribution in [0.1, 0.15) is 58.3 Å². The zero-order chi connectivity index (χ0) is 14.0. The van der Waals surface area contributed by atoms with Crippen LogP contribution < -0.4 is 0 Å². The molecule has 0 amide bonds. The second kappa shape index (κ2) is 3.27. The first-order chi connectivity index (χ1) is 10.1. The van der Waals surface area contributed by atoms with Crippen LogP contribution in [0, 0.1) is 39.9 Å². The van der Waals surface area contributed by atoms with Crippen molar-refractivity contribution in [1.82, 2.24) is 0 Å². The van der Waals surface area contributed by atoms with Gasteiger partial charge >= 0.3 is 0 Å². The lowest BCUT2D eigenvalue weighted by atomic mass is 9.47. The SMILES string of the molecule is CC12CCC3C(CC4OCC35CCC3CC345)C1CCC2=O. The van der Waals surface area contributed by atoms with Crippen molar-refractivity contribution >= 4 is 5.78 Å². The molecule has 114 valence electrons. The van der Waals surface area contributed by atoms with Gasteiger partial charge in [-0.25, -0.2) is 0 Å². The molecule has 1 heterocycles. The van der Waals surface area contributed by atoms with E-state index in [4.69, 9.17) is 4.74 Å². The fourth-order valence-electron chi connectivity index (χ4n) is 8.54. The van der Waals surface area contributed by atoms with E-state index in [1.54, 1.807) is 0 Å². The minimum Gasteiger partial charge on any atom is -0.377 e. The lowest BCUT2D eigenvalue weighted by Crippen LogP contribution is -2.54. The third-order valence-electron chi connectivity index (χ3n) is 9.48. The third-order valence-corrected chi connectivity index (χ3v) is 9.48. The number of rotatable bonds is 0. The zero-order valence-corrected chi connectivity index (χ0v) is 13.1. The molecule has 5 saturated carbocycles. The monoisotopic (exact) mass is 286 g/mol. The van der Waals surface area contributed by atoms with E-state index in [0.717, 1.165) is 30.8 Å². The maximum Gasteiger partial charge on any atom is 0.139 e. The molecule has 2 bridgehead atoms. The van der Waals surface area contributed by atoms with Crippen molar-refractivity contribution in [1.29, 1.82) is 0 Å². The molecule has 6 aliphatic rings. The summed E-state index contributed by atoms with van der Waals surface area (Å²) < 4.78 is 6.39. The minimum absolute atomic E-state index is 0.0311. The highest BCUT2D eigenvalue weighted by molar-refractivity contribution is 5.87. The number of ketones is 1. The predicted molar refractivity (Wildman–Crippen MR) is 78.6 cm³/mol. The molecule has 2 nitrogen and oxygen atoms in total. The van der Waals surface area contributed by atoms with E-state index in [1.807, 2.05) is 0 Å². The van der Waals surface area contributed by atoms with Gasteiger partial charge in [0.1, 0.15) is 5.78 Å². The molecule has 8 unspecified atom stereocenters. The third kappa shape index (κ3) is 1.04. The fourth-order valence-corrected chi connectivity index (χ4v) is 8.54. The molecule has 0 N–H and O–H groups in total. The normalized spacial score (nSPS) is 66.5. The quantitative estimate of drug-likeness (QED) is 0.680. The van der Waals surface area contributed by atoms with Gasteiger partial charge in [-0.1, -0.05) is 6.92 Å². The van der Waals surface area contributed by atoms with Gasteiger partial charge in [-0.2, -0.15) is 0 Å². The van der Waals surface area contributed by atoms with Crippen molar-refractivity contribution in [3.8, 4) is 0 Å². The Morgan fingerprint density at radius 2 is 2.05 bits per heavy atom. The van der Waals surface area contributed by atoms with Crippen LogP contribution >= 0.6 is 0 Å². The van der Waals surface area contributed by atoms with Crippen LogP contribution in [0.2, 0.25) is 0 Å². The summed E-state index contributed by atoms with van der Waals surface area (Å²) >= 11 is 0. The van der Waals surface area contributed by atoms with Crippen molar-refractivity contribution in [3.05, 3.63) is 0 Å². The molecular formula is C19H26O2. The fraction of sp³-hybridized carbons (Fsp3) is 0.947. The second-order valence-electron chi connectivity index (χ2n) is 9.47. The number of Topliss-reactive ketones (excluding diaryl/α,β-unsaturated/α-hetero) is 1. The molecule has 21 heavy (non-hydrogen) atoms. The standard InChI is InChI=1S/C19H26O2/c1-17-6-5-14-12(13(17)2-3-15(17)20)8-16-19-9-11(19)4-7-18(14,19)10-21-16/h11-14,16H,2-10H2,1H3.